The molecule has 0 radical (unpaired) electrons. The summed E-state index contributed by atoms with van der Waals surface area (Å²) >= 11 is 1.43. The highest BCUT2D eigenvalue weighted by atomic mass is 32.1. The molecule has 0 fully saturated rings. The Morgan fingerprint density at radius 3 is 2.69 bits per heavy atom. The monoisotopic (exact) mass is 231 g/mol. The van der Waals surface area contributed by atoms with Gasteiger partial charge in [0.1, 0.15) is 0 Å². The number of carbonyl (C=O) groups is 1. The molecule has 16 heavy (non-hydrogen) atoms. The van der Waals surface area contributed by atoms with E-state index in [0.717, 1.165) is 12.1 Å². The molecular formula is C13H13NOS. The summed E-state index contributed by atoms with van der Waals surface area (Å²) in [5.41, 5.74) is 2.12. The first-order valence-corrected chi connectivity index (χ1v) is 6.13. The maximum atomic E-state index is 11.8. The average Bonchev–Trinajstić information content (AvgIpc) is 2.74. The molecule has 0 N–H and O–H groups in total. The van der Waals surface area contributed by atoms with Gasteiger partial charge in [-0.25, -0.2) is 4.98 Å². The van der Waals surface area contributed by atoms with Crippen molar-refractivity contribution in [1.82, 2.24) is 4.98 Å². The first kappa shape index (κ1) is 11.0. The van der Waals surface area contributed by atoms with Crippen LogP contribution in [0.4, 0.5) is 0 Å². The smallest absolute Gasteiger partial charge is 0.191 e. The van der Waals surface area contributed by atoms with Crippen LogP contribution in [0.5, 0.6) is 0 Å². The lowest BCUT2D eigenvalue weighted by Gasteiger charge is -1.98. The fourth-order valence-corrected chi connectivity index (χ4v) is 2.26. The number of Topliss-reactive ketones (excluding diaryl/α,β-unsaturated/α-hetero) is 1. The van der Waals surface area contributed by atoms with Crippen molar-refractivity contribution in [1.29, 1.82) is 0 Å². The van der Waals surface area contributed by atoms with Crippen LogP contribution < -0.4 is 0 Å². The van der Waals surface area contributed by atoms with Crippen molar-refractivity contribution < 1.29 is 4.79 Å². The molecule has 2 aromatic rings. The number of thiazole rings is 1. The van der Waals surface area contributed by atoms with Gasteiger partial charge in [-0.05, 0) is 18.9 Å². The van der Waals surface area contributed by atoms with Crippen LogP contribution in [0.3, 0.4) is 0 Å². The summed E-state index contributed by atoms with van der Waals surface area (Å²) in [6, 6.07) is 10.1. The summed E-state index contributed by atoms with van der Waals surface area (Å²) in [4.78, 5) is 16.0. The molecule has 0 saturated heterocycles. The number of hydrogen-bond donors (Lipinski definition) is 0. The normalized spacial score (nSPS) is 10.3. The molecule has 2 rings (SSSR count). The first-order chi connectivity index (χ1) is 7.75. The van der Waals surface area contributed by atoms with Gasteiger partial charge in [0, 0.05) is 17.5 Å². The van der Waals surface area contributed by atoms with Crippen LogP contribution in [0.1, 0.15) is 27.5 Å². The predicted molar refractivity (Wildman–Crippen MR) is 65.9 cm³/mol. The third-order valence-corrected chi connectivity index (χ3v) is 3.34. The highest BCUT2D eigenvalue weighted by Gasteiger charge is 2.09. The summed E-state index contributed by atoms with van der Waals surface area (Å²) in [7, 11) is 0. The number of aryl methyl sites for hydroxylation is 2. The number of hydrogen-bond acceptors (Lipinski definition) is 3. The number of nitrogens with zero attached hydrogens (tertiary/aromatic N) is 1. The summed E-state index contributed by atoms with van der Waals surface area (Å²) in [6.07, 6.45) is 1.33. The van der Waals surface area contributed by atoms with Crippen LogP contribution in [-0.4, -0.2) is 10.8 Å². The first-order valence-electron chi connectivity index (χ1n) is 5.25. The lowest BCUT2D eigenvalue weighted by molar-refractivity contribution is 0.0982. The predicted octanol–water partition coefficient (Wildman–Crippen LogP) is 3.27. The summed E-state index contributed by atoms with van der Waals surface area (Å²) in [5, 5.41) is 2.55. The number of benzene rings is 1. The second kappa shape index (κ2) is 5.03. The Labute approximate surface area is 99.0 Å². The van der Waals surface area contributed by atoms with E-state index in [0.29, 0.717) is 11.4 Å². The third-order valence-electron chi connectivity index (χ3n) is 2.34. The Morgan fingerprint density at radius 1 is 1.31 bits per heavy atom. The quantitative estimate of drug-likeness (QED) is 0.756. The number of aromatic nitrogens is 1. The van der Waals surface area contributed by atoms with Crippen LogP contribution in [0.25, 0.3) is 0 Å². The fraction of sp³-hybridized carbons (Fsp3) is 0.231. The standard InChI is InChI=1S/C13H13NOS/c1-10-9-16-13(14-10)12(15)8-7-11-5-3-2-4-6-11/h2-6,9H,7-8H2,1H3. The molecule has 0 aliphatic carbocycles. The van der Waals surface area contributed by atoms with Crippen LogP contribution in [0.15, 0.2) is 35.7 Å². The molecule has 1 aromatic heterocycles. The van der Waals surface area contributed by atoms with Gasteiger partial charge >= 0.3 is 0 Å². The molecule has 0 amide bonds. The summed E-state index contributed by atoms with van der Waals surface area (Å²) < 4.78 is 0. The molecule has 0 spiro atoms. The molecule has 0 unspecified atom stereocenters. The van der Waals surface area contributed by atoms with E-state index in [1.54, 1.807) is 0 Å². The van der Waals surface area contributed by atoms with E-state index in [1.165, 1.54) is 16.9 Å². The summed E-state index contributed by atoms with van der Waals surface area (Å²) in [6.45, 7) is 1.91. The van der Waals surface area contributed by atoms with E-state index in [9.17, 15) is 4.79 Å². The van der Waals surface area contributed by atoms with E-state index in [2.05, 4.69) is 4.98 Å². The lowest BCUT2D eigenvalue weighted by Crippen LogP contribution is -2.00. The van der Waals surface area contributed by atoms with Gasteiger partial charge in [0.05, 0.1) is 0 Å². The minimum atomic E-state index is 0.141. The van der Waals surface area contributed by atoms with Crippen LogP contribution in [-0.2, 0) is 6.42 Å². The van der Waals surface area contributed by atoms with Gasteiger partial charge in [0.2, 0.25) is 0 Å². The van der Waals surface area contributed by atoms with Crippen molar-refractivity contribution in [2.45, 2.75) is 19.8 Å². The second-order valence-corrected chi connectivity index (χ2v) is 4.56. The zero-order valence-corrected chi connectivity index (χ0v) is 9.96. The molecule has 3 heteroatoms. The molecule has 82 valence electrons. The van der Waals surface area contributed by atoms with Gasteiger partial charge in [-0.1, -0.05) is 30.3 Å². The van der Waals surface area contributed by atoms with Crippen molar-refractivity contribution in [3.63, 3.8) is 0 Å². The topological polar surface area (TPSA) is 30.0 Å². The molecule has 2 nitrogen and oxygen atoms in total. The van der Waals surface area contributed by atoms with Crippen molar-refractivity contribution in [3.05, 3.63) is 52.0 Å². The number of carbonyl (C=O) groups excluding carboxylic acids is 1. The van der Waals surface area contributed by atoms with Crippen molar-refractivity contribution >= 4 is 17.1 Å². The zero-order valence-electron chi connectivity index (χ0n) is 9.14. The Bertz CT molecular complexity index is 476. The van der Waals surface area contributed by atoms with Crippen LogP contribution in [0.2, 0.25) is 0 Å². The molecule has 0 saturated carbocycles. The van der Waals surface area contributed by atoms with E-state index >= 15 is 0 Å². The SMILES string of the molecule is Cc1csc(C(=O)CCc2ccccc2)n1. The Morgan fingerprint density at radius 2 is 2.06 bits per heavy atom. The fourth-order valence-electron chi connectivity index (χ4n) is 1.49. The lowest BCUT2D eigenvalue weighted by atomic mass is 10.1. The van der Waals surface area contributed by atoms with Crippen molar-refractivity contribution in [2.24, 2.45) is 0 Å². The van der Waals surface area contributed by atoms with Crippen molar-refractivity contribution in [2.75, 3.05) is 0 Å². The van der Waals surface area contributed by atoms with E-state index < -0.39 is 0 Å². The molecule has 1 heterocycles. The van der Waals surface area contributed by atoms with Gasteiger partial charge in [-0.3, -0.25) is 4.79 Å². The van der Waals surface area contributed by atoms with Gasteiger partial charge in [-0.15, -0.1) is 11.3 Å². The van der Waals surface area contributed by atoms with Gasteiger partial charge < -0.3 is 0 Å². The Balaban J connectivity index is 1.94. The molecule has 1 aromatic carbocycles. The third kappa shape index (κ3) is 2.76. The van der Waals surface area contributed by atoms with E-state index in [-0.39, 0.29) is 5.78 Å². The number of ketones is 1. The summed E-state index contributed by atoms with van der Waals surface area (Å²) in [5.74, 6) is 0.141. The highest BCUT2D eigenvalue weighted by molar-refractivity contribution is 7.11. The molecule has 0 atom stereocenters. The zero-order chi connectivity index (χ0) is 11.4. The van der Waals surface area contributed by atoms with E-state index in [1.807, 2.05) is 42.6 Å². The number of rotatable bonds is 4. The maximum absolute atomic E-state index is 11.8. The average molecular weight is 231 g/mol. The minimum Gasteiger partial charge on any atom is -0.292 e. The van der Waals surface area contributed by atoms with Crippen molar-refractivity contribution in [3.8, 4) is 0 Å². The molecule has 0 bridgehead atoms. The molecule has 0 aliphatic rings. The minimum absolute atomic E-state index is 0.141. The van der Waals surface area contributed by atoms with Gasteiger partial charge in [-0.2, -0.15) is 0 Å². The molecular weight excluding hydrogens is 218 g/mol. The Kier molecular flexibility index (Phi) is 3.47. The van der Waals surface area contributed by atoms with Crippen LogP contribution in [0, 0.1) is 6.92 Å². The maximum Gasteiger partial charge on any atom is 0.191 e. The van der Waals surface area contributed by atoms with Gasteiger partial charge in [0.25, 0.3) is 0 Å². The highest BCUT2D eigenvalue weighted by Crippen LogP contribution is 2.13. The molecule has 0 aliphatic heterocycles. The second-order valence-electron chi connectivity index (χ2n) is 3.70. The largest absolute Gasteiger partial charge is 0.292 e. The van der Waals surface area contributed by atoms with E-state index in [4.69, 9.17) is 0 Å². The van der Waals surface area contributed by atoms with Gasteiger partial charge in [0.15, 0.2) is 10.8 Å². The Hall–Kier alpha value is -1.48. The van der Waals surface area contributed by atoms with Crippen LogP contribution >= 0.6 is 11.3 Å².